The summed E-state index contributed by atoms with van der Waals surface area (Å²) in [4.78, 5) is 23.3. The van der Waals surface area contributed by atoms with Crippen LogP contribution in [-0.4, -0.2) is 59.2 Å². The van der Waals surface area contributed by atoms with Gasteiger partial charge in [0.25, 0.3) is 5.88 Å². The largest absolute Gasteiger partial charge is 0.471 e. The summed E-state index contributed by atoms with van der Waals surface area (Å²) in [5, 5.41) is 7.66. The van der Waals surface area contributed by atoms with Crippen LogP contribution in [0.25, 0.3) is 11.2 Å². The Hall–Kier alpha value is -2.23. The Balaban J connectivity index is 1.54. The second kappa shape index (κ2) is 8.25. The Morgan fingerprint density at radius 1 is 1.03 bits per heavy atom. The number of halogens is 1. The Morgan fingerprint density at radius 2 is 1.86 bits per heavy atom. The first-order valence-corrected chi connectivity index (χ1v) is 11.2. The third kappa shape index (κ3) is 3.94. The van der Waals surface area contributed by atoms with Crippen LogP contribution in [0, 0.1) is 0 Å². The van der Waals surface area contributed by atoms with Gasteiger partial charge in [-0.3, -0.25) is 0 Å². The number of nitrogens with one attached hydrogen (secondary N) is 1. The Labute approximate surface area is 177 Å². The Morgan fingerprint density at radius 3 is 2.62 bits per heavy atom. The fraction of sp³-hybridized carbons (Fsp3) is 0.474. The van der Waals surface area contributed by atoms with Gasteiger partial charge in [-0.05, 0) is 29.7 Å². The Kier molecular flexibility index (Phi) is 5.34. The van der Waals surface area contributed by atoms with Crippen molar-refractivity contribution in [2.45, 2.75) is 19.4 Å². The number of anilines is 2. The molecule has 1 N–H and O–H groups in total. The van der Waals surface area contributed by atoms with Crippen LogP contribution < -0.4 is 19.9 Å². The molecule has 8 nitrogen and oxygen atoms in total. The maximum Gasteiger partial charge on any atom is 0.254 e. The molecule has 2 fully saturated rings. The van der Waals surface area contributed by atoms with Crippen LogP contribution in [0.5, 0.6) is 5.88 Å². The molecular weight excluding hydrogens is 410 g/mol. The molecule has 0 unspecified atom stereocenters. The number of aromatic nitrogens is 4. The molecule has 5 heterocycles. The second-order valence-electron chi connectivity index (χ2n) is 7.19. The minimum atomic E-state index is 0.242. The molecule has 0 aromatic carbocycles. The van der Waals surface area contributed by atoms with E-state index in [9.17, 15) is 0 Å². The van der Waals surface area contributed by atoms with Crippen LogP contribution in [0.15, 0.2) is 16.8 Å². The van der Waals surface area contributed by atoms with Gasteiger partial charge in [0.1, 0.15) is 6.61 Å². The summed E-state index contributed by atoms with van der Waals surface area (Å²) in [5.74, 6) is 1.82. The van der Waals surface area contributed by atoms with Crippen LogP contribution in [0.4, 0.5) is 11.8 Å². The molecule has 2 aliphatic heterocycles. The van der Waals surface area contributed by atoms with Gasteiger partial charge >= 0.3 is 0 Å². The van der Waals surface area contributed by atoms with Gasteiger partial charge in [-0.25, -0.2) is 4.98 Å². The third-order valence-electron chi connectivity index (χ3n) is 5.19. The summed E-state index contributed by atoms with van der Waals surface area (Å²) >= 11 is 8.05. The van der Waals surface area contributed by atoms with E-state index in [-0.39, 0.29) is 5.15 Å². The first kappa shape index (κ1) is 18.8. The van der Waals surface area contributed by atoms with E-state index in [4.69, 9.17) is 26.3 Å². The first-order chi connectivity index (χ1) is 14.3. The molecule has 0 bridgehead atoms. The third-order valence-corrected chi connectivity index (χ3v) is 6.17. The van der Waals surface area contributed by atoms with Crippen molar-refractivity contribution >= 4 is 45.9 Å². The topological polar surface area (TPSA) is 79.3 Å². The molecule has 3 aromatic heterocycles. The minimum Gasteiger partial charge on any atom is -0.471 e. The molecular formula is C19H22ClN7OS. The second-order valence-corrected chi connectivity index (χ2v) is 8.33. The molecule has 0 aliphatic carbocycles. The van der Waals surface area contributed by atoms with Crippen molar-refractivity contribution in [3.05, 3.63) is 27.5 Å². The van der Waals surface area contributed by atoms with Gasteiger partial charge in [0, 0.05) is 44.8 Å². The van der Waals surface area contributed by atoms with Gasteiger partial charge in [-0.2, -0.15) is 26.3 Å². The summed E-state index contributed by atoms with van der Waals surface area (Å²) in [6.07, 6.45) is 2.30. The molecule has 0 amide bonds. The average molecular weight is 432 g/mol. The standard InChI is InChI=1S/C19H22ClN7OS/c20-15-18(28-11-13-3-10-29-12-13)23-16-14(22-15)17(26-6-1-2-7-26)25-19(24-16)27-8-4-21-5-9-27/h3,10,12,21H,1-2,4-9,11H2. The lowest BCUT2D eigenvalue weighted by Crippen LogP contribution is -2.44. The number of rotatable bonds is 5. The summed E-state index contributed by atoms with van der Waals surface area (Å²) < 4.78 is 5.84. The molecule has 0 radical (unpaired) electrons. The summed E-state index contributed by atoms with van der Waals surface area (Å²) in [6, 6.07) is 2.02. The van der Waals surface area contributed by atoms with E-state index in [1.54, 1.807) is 11.3 Å². The van der Waals surface area contributed by atoms with Gasteiger partial charge in [0.05, 0.1) is 0 Å². The summed E-state index contributed by atoms with van der Waals surface area (Å²) in [6.45, 7) is 5.90. The number of fused-ring (bicyclic) bond motifs is 1. The molecule has 0 saturated carbocycles. The van der Waals surface area contributed by atoms with Gasteiger partial charge in [0.2, 0.25) is 5.95 Å². The molecule has 2 saturated heterocycles. The molecule has 5 rings (SSSR count). The number of hydrogen-bond donors (Lipinski definition) is 1. The predicted octanol–water partition coefficient (Wildman–Crippen LogP) is 2.72. The van der Waals surface area contributed by atoms with Crippen LogP contribution in [0.3, 0.4) is 0 Å². The van der Waals surface area contributed by atoms with Crippen LogP contribution in [-0.2, 0) is 6.61 Å². The molecule has 0 spiro atoms. The van der Waals surface area contributed by atoms with E-state index in [1.165, 1.54) is 0 Å². The van der Waals surface area contributed by atoms with Crippen molar-refractivity contribution < 1.29 is 4.74 Å². The highest BCUT2D eigenvalue weighted by Gasteiger charge is 2.24. The number of thiophene rings is 1. The highest BCUT2D eigenvalue weighted by molar-refractivity contribution is 7.07. The van der Waals surface area contributed by atoms with Gasteiger partial charge in [-0.1, -0.05) is 11.6 Å². The fourth-order valence-corrected chi connectivity index (χ4v) is 4.50. The van der Waals surface area contributed by atoms with Crippen molar-refractivity contribution in [3.8, 4) is 5.88 Å². The lowest BCUT2D eigenvalue weighted by molar-refractivity contribution is 0.294. The van der Waals surface area contributed by atoms with Crippen molar-refractivity contribution in [2.75, 3.05) is 49.1 Å². The smallest absolute Gasteiger partial charge is 0.254 e. The van der Waals surface area contributed by atoms with E-state index < -0.39 is 0 Å². The number of hydrogen-bond acceptors (Lipinski definition) is 9. The quantitative estimate of drug-likeness (QED) is 0.660. The number of ether oxygens (including phenoxy) is 1. The molecule has 152 valence electrons. The van der Waals surface area contributed by atoms with Gasteiger partial charge in [0.15, 0.2) is 22.1 Å². The zero-order valence-corrected chi connectivity index (χ0v) is 17.5. The molecule has 3 aromatic rings. The van der Waals surface area contributed by atoms with Gasteiger partial charge in [-0.15, -0.1) is 0 Å². The maximum absolute atomic E-state index is 6.42. The van der Waals surface area contributed by atoms with Crippen LogP contribution in [0.2, 0.25) is 5.15 Å². The van der Waals surface area contributed by atoms with Crippen molar-refractivity contribution in [1.29, 1.82) is 0 Å². The predicted molar refractivity (Wildman–Crippen MR) is 115 cm³/mol. The fourth-order valence-electron chi connectivity index (χ4n) is 3.66. The number of nitrogens with zero attached hydrogens (tertiary/aromatic N) is 6. The zero-order chi connectivity index (χ0) is 19.6. The van der Waals surface area contributed by atoms with Crippen molar-refractivity contribution in [1.82, 2.24) is 25.3 Å². The highest BCUT2D eigenvalue weighted by Crippen LogP contribution is 2.31. The SMILES string of the molecule is Clc1nc2c(N3CCCC3)nc(N3CCNCC3)nc2nc1OCc1ccsc1. The maximum atomic E-state index is 6.42. The van der Waals surface area contributed by atoms with Crippen molar-refractivity contribution in [2.24, 2.45) is 0 Å². The number of piperazine rings is 1. The van der Waals surface area contributed by atoms with E-state index in [2.05, 4.69) is 25.1 Å². The lowest BCUT2D eigenvalue weighted by atomic mass is 10.3. The monoisotopic (exact) mass is 431 g/mol. The lowest BCUT2D eigenvalue weighted by Gasteiger charge is -2.28. The van der Waals surface area contributed by atoms with E-state index >= 15 is 0 Å². The van der Waals surface area contributed by atoms with E-state index in [0.717, 1.165) is 63.5 Å². The molecule has 2 aliphatic rings. The van der Waals surface area contributed by atoms with Crippen LogP contribution >= 0.6 is 22.9 Å². The summed E-state index contributed by atoms with van der Waals surface area (Å²) in [5.41, 5.74) is 2.24. The average Bonchev–Trinajstić information content (AvgIpc) is 3.46. The molecule has 29 heavy (non-hydrogen) atoms. The highest BCUT2D eigenvalue weighted by atomic mass is 35.5. The normalized spacial score (nSPS) is 17.3. The molecule has 0 atom stereocenters. The Bertz CT molecular complexity index is 988. The zero-order valence-electron chi connectivity index (χ0n) is 16.0. The first-order valence-electron chi connectivity index (χ1n) is 9.88. The van der Waals surface area contributed by atoms with Gasteiger partial charge < -0.3 is 19.9 Å². The summed E-state index contributed by atoms with van der Waals surface area (Å²) in [7, 11) is 0. The van der Waals surface area contributed by atoms with E-state index in [1.807, 2.05) is 16.8 Å². The van der Waals surface area contributed by atoms with E-state index in [0.29, 0.717) is 29.6 Å². The van der Waals surface area contributed by atoms with Crippen molar-refractivity contribution in [3.63, 3.8) is 0 Å². The minimum absolute atomic E-state index is 0.242. The molecule has 10 heteroatoms. The van der Waals surface area contributed by atoms with Crippen LogP contribution in [0.1, 0.15) is 18.4 Å².